The van der Waals surface area contributed by atoms with Crippen LogP contribution in [0.4, 0.5) is 0 Å². The Bertz CT molecular complexity index is 601. The Morgan fingerprint density at radius 1 is 1.11 bits per heavy atom. The number of fused-ring (bicyclic) bond motifs is 3. The molecule has 0 amide bonds. The number of hydrogen-bond acceptors (Lipinski definition) is 2. The molecule has 1 heterocycles. The number of allylic oxidation sites excluding steroid dienone is 1. The molecular formula is C17H17NO. The van der Waals surface area contributed by atoms with Crippen LogP contribution in [0.5, 0.6) is 0 Å². The minimum atomic E-state index is -0.427. The van der Waals surface area contributed by atoms with Gasteiger partial charge in [-0.05, 0) is 30.0 Å². The fourth-order valence-corrected chi connectivity index (χ4v) is 3.84. The molecule has 1 fully saturated rings. The molecule has 1 aromatic rings. The van der Waals surface area contributed by atoms with Crippen molar-refractivity contribution < 1.29 is 4.74 Å². The molecule has 0 N–H and O–H groups in total. The van der Waals surface area contributed by atoms with Crippen LogP contribution in [0.3, 0.4) is 0 Å². The summed E-state index contributed by atoms with van der Waals surface area (Å²) >= 11 is 0. The molecule has 96 valence electrons. The highest BCUT2D eigenvalue weighted by atomic mass is 16.5. The van der Waals surface area contributed by atoms with Crippen LogP contribution in [0.1, 0.15) is 36.8 Å². The number of ether oxygens (including phenoxy) is 1. The lowest BCUT2D eigenvalue weighted by Gasteiger charge is -2.48. The Labute approximate surface area is 113 Å². The molecule has 19 heavy (non-hydrogen) atoms. The summed E-state index contributed by atoms with van der Waals surface area (Å²) < 4.78 is 6.07. The minimum Gasteiger partial charge on any atom is -0.472 e. The second kappa shape index (κ2) is 3.83. The summed E-state index contributed by atoms with van der Waals surface area (Å²) in [4.78, 5) is 4.77. The summed E-state index contributed by atoms with van der Waals surface area (Å²) in [5.74, 6) is 0. The fraction of sp³-hybridized carbons (Fsp3) is 0.353. The molecule has 3 aliphatic rings. The standard InChI is InChI=1S/C17H17NO/c1-2-7-15-14(6-1)8-11-16(15)9-3-4-10-17(16)18-12-5-13-19-17/h1-2,5-8,11-13H,3-4,9-10H2. The highest BCUT2D eigenvalue weighted by molar-refractivity contribution is 5.73. The van der Waals surface area contributed by atoms with Gasteiger partial charge in [0.25, 0.3) is 0 Å². The van der Waals surface area contributed by atoms with Gasteiger partial charge in [0.15, 0.2) is 0 Å². The second-order valence-electron chi connectivity index (χ2n) is 5.61. The average Bonchev–Trinajstić information content (AvgIpc) is 2.84. The third-order valence-corrected chi connectivity index (χ3v) is 4.73. The van der Waals surface area contributed by atoms with Crippen LogP contribution in [0, 0.1) is 0 Å². The predicted octanol–water partition coefficient (Wildman–Crippen LogP) is 3.84. The van der Waals surface area contributed by atoms with Crippen molar-refractivity contribution in [1.29, 1.82) is 0 Å². The van der Waals surface area contributed by atoms with Gasteiger partial charge >= 0.3 is 0 Å². The van der Waals surface area contributed by atoms with E-state index >= 15 is 0 Å². The quantitative estimate of drug-likeness (QED) is 0.686. The van der Waals surface area contributed by atoms with Crippen molar-refractivity contribution in [3.63, 3.8) is 0 Å². The lowest BCUT2D eigenvalue weighted by molar-refractivity contribution is -0.0545. The van der Waals surface area contributed by atoms with Gasteiger partial charge in [-0.3, -0.25) is 0 Å². The molecule has 0 saturated heterocycles. The van der Waals surface area contributed by atoms with E-state index in [1.54, 1.807) is 6.26 Å². The highest BCUT2D eigenvalue weighted by Gasteiger charge is 2.56. The van der Waals surface area contributed by atoms with Crippen molar-refractivity contribution in [1.82, 2.24) is 0 Å². The van der Waals surface area contributed by atoms with Crippen molar-refractivity contribution >= 4 is 12.3 Å². The molecule has 0 aromatic heterocycles. The zero-order valence-electron chi connectivity index (χ0n) is 10.9. The van der Waals surface area contributed by atoms with Crippen molar-refractivity contribution in [2.24, 2.45) is 4.99 Å². The fourth-order valence-electron chi connectivity index (χ4n) is 3.84. The van der Waals surface area contributed by atoms with Gasteiger partial charge in [-0.2, -0.15) is 0 Å². The molecule has 2 heteroatoms. The maximum atomic E-state index is 6.07. The van der Waals surface area contributed by atoms with Gasteiger partial charge in [0.05, 0.1) is 11.7 Å². The first-order valence-corrected chi connectivity index (χ1v) is 7.03. The highest BCUT2D eigenvalue weighted by Crippen LogP contribution is 2.54. The van der Waals surface area contributed by atoms with E-state index in [-0.39, 0.29) is 5.41 Å². The van der Waals surface area contributed by atoms with Gasteiger partial charge in [0.2, 0.25) is 5.72 Å². The van der Waals surface area contributed by atoms with E-state index in [1.165, 1.54) is 24.0 Å². The lowest BCUT2D eigenvalue weighted by atomic mass is 9.65. The minimum absolute atomic E-state index is 0.0803. The molecule has 4 rings (SSSR count). The topological polar surface area (TPSA) is 21.6 Å². The Morgan fingerprint density at radius 2 is 2.00 bits per heavy atom. The summed E-state index contributed by atoms with van der Waals surface area (Å²) in [5, 5.41) is 0. The summed E-state index contributed by atoms with van der Waals surface area (Å²) in [7, 11) is 0. The van der Waals surface area contributed by atoms with Crippen LogP contribution < -0.4 is 0 Å². The number of hydrogen-bond donors (Lipinski definition) is 0. The Balaban J connectivity index is 1.91. The average molecular weight is 251 g/mol. The largest absolute Gasteiger partial charge is 0.472 e. The van der Waals surface area contributed by atoms with E-state index in [2.05, 4.69) is 36.4 Å². The summed E-state index contributed by atoms with van der Waals surface area (Å²) in [6.07, 6.45) is 14.7. The molecule has 1 saturated carbocycles. The number of aliphatic imine (C=N–C) groups is 1. The first kappa shape index (κ1) is 11.0. The number of rotatable bonds is 0. The monoisotopic (exact) mass is 251 g/mol. The van der Waals surface area contributed by atoms with Crippen LogP contribution in [0.2, 0.25) is 0 Å². The predicted molar refractivity (Wildman–Crippen MR) is 77.1 cm³/mol. The van der Waals surface area contributed by atoms with Gasteiger partial charge in [-0.15, -0.1) is 0 Å². The van der Waals surface area contributed by atoms with E-state index in [0.717, 1.165) is 12.8 Å². The van der Waals surface area contributed by atoms with Crippen molar-refractivity contribution in [2.45, 2.75) is 36.8 Å². The smallest absolute Gasteiger partial charge is 0.212 e. The maximum Gasteiger partial charge on any atom is 0.212 e. The Kier molecular flexibility index (Phi) is 2.22. The molecular weight excluding hydrogens is 234 g/mol. The van der Waals surface area contributed by atoms with Crippen LogP contribution >= 0.6 is 0 Å². The van der Waals surface area contributed by atoms with Crippen LogP contribution in [-0.2, 0) is 10.2 Å². The molecule has 2 atom stereocenters. The van der Waals surface area contributed by atoms with Crippen molar-refractivity contribution in [2.75, 3.05) is 0 Å². The molecule has 1 aromatic carbocycles. The Morgan fingerprint density at radius 3 is 2.89 bits per heavy atom. The van der Waals surface area contributed by atoms with Crippen LogP contribution in [0.15, 0.2) is 47.7 Å². The first-order valence-electron chi connectivity index (χ1n) is 7.03. The number of benzene rings is 1. The van der Waals surface area contributed by atoms with Gasteiger partial charge < -0.3 is 4.74 Å². The molecule has 1 aliphatic heterocycles. The third kappa shape index (κ3) is 1.34. The normalized spacial score (nSPS) is 34.7. The van der Waals surface area contributed by atoms with Crippen molar-refractivity contribution in [3.05, 3.63) is 53.8 Å². The molecule has 2 nitrogen and oxygen atoms in total. The first-order chi connectivity index (χ1) is 9.36. The van der Waals surface area contributed by atoms with Gasteiger partial charge in [0.1, 0.15) is 0 Å². The van der Waals surface area contributed by atoms with Gasteiger partial charge in [0, 0.05) is 12.6 Å². The lowest BCUT2D eigenvalue weighted by Crippen LogP contribution is -2.52. The molecule has 2 aliphatic carbocycles. The maximum absolute atomic E-state index is 6.07. The van der Waals surface area contributed by atoms with E-state index in [1.807, 2.05) is 12.3 Å². The molecule has 2 unspecified atom stereocenters. The summed E-state index contributed by atoms with van der Waals surface area (Å²) in [5.41, 5.74) is 2.19. The van der Waals surface area contributed by atoms with Gasteiger partial charge in [-0.1, -0.05) is 42.8 Å². The number of nitrogens with zero attached hydrogens (tertiary/aromatic N) is 1. The van der Waals surface area contributed by atoms with E-state index in [4.69, 9.17) is 9.73 Å². The van der Waals surface area contributed by atoms with Gasteiger partial charge in [-0.25, -0.2) is 4.99 Å². The Hall–Kier alpha value is -1.83. The zero-order chi connectivity index (χ0) is 12.8. The van der Waals surface area contributed by atoms with E-state index < -0.39 is 5.72 Å². The summed E-state index contributed by atoms with van der Waals surface area (Å²) in [6, 6.07) is 8.64. The third-order valence-electron chi connectivity index (χ3n) is 4.73. The zero-order valence-corrected chi connectivity index (χ0v) is 10.9. The molecule has 2 spiro atoms. The summed E-state index contributed by atoms with van der Waals surface area (Å²) in [6.45, 7) is 0. The van der Waals surface area contributed by atoms with Crippen LogP contribution in [0.25, 0.3) is 6.08 Å². The van der Waals surface area contributed by atoms with E-state index in [9.17, 15) is 0 Å². The SMILES string of the molecule is C1=COC2(CCCCC23C=Cc2ccccc23)N=C1. The molecule has 0 radical (unpaired) electrons. The molecule has 0 bridgehead atoms. The van der Waals surface area contributed by atoms with E-state index in [0.29, 0.717) is 0 Å². The second-order valence-corrected chi connectivity index (χ2v) is 5.61. The van der Waals surface area contributed by atoms with Crippen LogP contribution in [-0.4, -0.2) is 11.9 Å². The van der Waals surface area contributed by atoms with Crippen molar-refractivity contribution in [3.8, 4) is 0 Å².